The number of anilines is 1. The lowest BCUT2D eigenvalue weighted by atomic mass is 10.1. The molecule has 0 amide bonds. The van der Waals surface area contributed by atoms with Crippen LogP contribution >= 0.6 is 11.3 Å². The van der Waals surface area contributed by atoms with Crippen LogP contribution in [0.15, 0.2) is 0 Å². The predicted octanol–water partition coefficient (Wildman–Crippen LogP) is 2.49. The lowest BCUT2D eigenvalue weighted by Crippen LogP contribution is -2.28. The number of hydrogen-bond donors (Lipinski definition) is 2. The van der Waals surface area contributed by atoms with Gasteiger partial charge in [0.15, 0.2) is 0 Å². The number of nitrogens with two attached hydrogens (primary N) is 1. The van der Waals surface area contributed by atoms with Gasteiger partial charge in [-0.3, -0.25) is 0 Å². The Kier molecular flexibility index (Phi) is 5.13. The average Bonchev–Trinajstić information content (AvgIpc) is 2.72. The van der Waals surface area contributed by atoms with Crippen molar-refractivity contribution in [2.75, 3.05) is 11.9 Å². The summed E-state index contributed by atoms with van der Waals surface area (Å²) in [4.78, 5) is 0. The van der Waals surface area contributed by atoms with Crippen molar-refractivity contribution in [1.82, 2.24) is 10.2 Å². The topological polar surface area (TPSA) is 63.8 Å². The molecule has 4 nitrogen and oxygen atoms in total. The summed E-state index contributed by atoms with van der Waals surface area (Å²) in [6, 6.07) is -0.0519. The monoisotopic (exact) mass is 268 g/mol. The number of rotatable bonds is 6. The fourth-order valence-electron chi connectivity index (χ4n) is 1.27. The Morgan fingerprint density at radius 2 is 2.12 bits per heavy atom. The number of aromatic nitrogens is 2. The van der Waals surface area contributed by atoms with Gasteiger partial charge in [-0.05, 0) is 6.42 Å². The van der Waals surface area contributed by atoms with Gasteiger partial charge < -0.3 is 11.1 Å². The highest BCUT2D eigenvalue weighted by molar-refractivity contribution is 7.15. The Bertz CT molecular complexity index is 339. The van der Waals surface area contributed by atoms with Crippen LogP contribution < -0.4 is 11.1 Å². The van der Waals surface area contributed by atoms with E-state index in [-0.39, 0.29) is 11.2 Å². The first-order chi connectivity index (χ1) is 7.97. The first-order valence-electron chi connectivity index (χ1n) is 5.34. The van der Waals surface area contributed by atoms with Crippen molar-refractivity contribution >= 4 is 16.5 Å². The van der Waals surface area contributed by atoms with Gasteiger partial charge in [0.25, 0.3) is 0 Å². The van der Waals surface area contributed by atoms with Gasteiger partial charge in [0.05, 0.1) is 0 Å². The van der Waals surface area contributed by atoms with E-state index in [9.17, 15) is 13.2 Å². The van der Waals surface area contributed by atoms with Gasteiger partial charge in [-0.2, -0.15) is 13.2 Å². The highest BCUT2D eigenvalue weighted by Crippen LogP contribution is 2.33. The lowest BCUT2D eigenvalue weighted by Gasteiger charge is -2.14. The number of nitrogens with zero attached hydrogens (tertiary/aromatic N) is 2. The molecule has 1 unspecified atom stereocenters. The second kappa shape index (κ2) is 6.15. The maximum Gasteiger partial charge on any atom is 0.445 e. The minimum absolute atomic E-state index is 0.0519. The molecule has 0 aliphatic rings. The Morgan fingerprint density at radius 1 is 1.41 bits per heavy atom. The van der Waals surface area contributed by atoms with Crippen molar-refractivity contribution in [3.8, 4) is 0 Å². The molecule has 0 saturated heterocycles. The van der Waals surface area contributed by atoms with Crippen LogP contribution in [0.1, 0.15) is 31.2 Å². The van der Waals surface area contributed by atoms with Crippen LogP contribution in [-0.2, 0) is 6.18 Å². The first kappa shape index (κ1) is 14.2. The van der Waals surface area contributed by atoms with E-state index in [1.165, 1.54) is 0 Å². The predicted molar refractivity (Wildman–Crippen MR) is 60.9 cm³/mol. The zero-order valence-corrected chi connectivity index (χ0v) is 10.2. The molecular formula is C9H15F3N4S. The van der Waals surface area contributed by atoms with E-state index in [1.807, 2.05) is 6.92 Å². The normalized spacial score (nSPS) is 13.7. The molecule has 0 radical (unpaired) electrons. The molecule has 98 valence electrons. The number of unbranched alkanes of at least 4 members (excludes halogenated alkanes) is 1. The number of halogens is 3. The van der Waals surface area contributed by atoms with Gasteiger partial charge in [0.1, 0.15) is 0 Å². The third-order valence-corrected chi connectivity index (χ3v) is 3.09. The molecule has 0 aliphatic heterocycles. The van der Waals surface area contributed by atoms with Crippen LogP contribution in [0, 0.1) is 0 Å². The molecule has 1 aromatic heterocycles. The molecule has 1 atom stereocenters. The fourth-order valence-corrected chi connectivity index (χ4v) is 1.96. The molecule has 1 rings (SSSR count). The van der Waals surface area contributed by atoms with Crippen LogP contribution in [0.4, 0.5) is 18.3 Å². The largest absolute Gasteiger partial charge is 0.445 e. The molecule has 0 aliphatic carbocycles. The SMILES string of the molecule is CCCCC(CN)Nc1nnc(C(F)(F)F)s1. The highest BCUT2D eigenvalue weighted by atomic mass is 32.1. The smallest absolute Gasteiger partial charge is 0.356 e. The van der Waals surface area contributed by atoms with Crippen molar-refractivity contribution in [1.29, 1.82) is 0 Å². The summed E-state index contributed by atoms with van der Waals surface area (Å²) in [6.07, 6.45) is -1.63. The van der Waals surface area contributed by atoms with Crippen LogP contribution in [0.3, 0.4) is 0 Å². The lowest BCUT2D eigenvalue weighted by molar-refractivity contribution is -0.138. The molecule has 3 N–H and O–H groups in total. The summed E-state index contributed by atoms with van der Waals surface area (Å²) in [6.45, 7) is 2.40. The summed E-state index contributed by atoms with van der Waals surface area (Å²) in [7, 11) is 0. The van der Waals surface area contributed by atoms with Crippen LogP contribution in [-0.4, -0.2) is 22.8 Å². The molecule has 1 aromatic rings. The highest BCUT2D eigenvalue weighted by Gasteiger charge is 2.35. The Labute approximate surface area is 101 Å². The zero-order valence-electron chi connectivity index (χ0n) is 9.42. The van der Waals surface area contributed by atoms with Crippen LogP contribution in [0.25, 0.3) is 0 Å². The molecular weight excluding hydrogens is 253 g/mol. The third-order valence-electron chi connectivity index (χ3n) is 2.19. The van der Waals surface area contributed by atoms with Crippen LogP contribution in [0.2, 0.25) is 0 Å². The van der Waals surface area contributed by atoms with E-state index in [0.29, 0.717) is 17.9 Å². The number of alkyl halides is 3. The van der Waals surface area contributed by atoms with Gasteiger partial charge in [0.2, 0.25) is 10.1 Å². The molecule has 8 heteroatoms. The summed E-state index contributed by atoms with van der Waals surface area (Å²) >= 11 is 0.503. The second-order valence-corrected chi connectivity index (χ2v) is 4.61. The molecule has 0 fully saturated rings. The third kappa shape index (κ3) is 4.47. The van der Waals surface area contributed by atoms with Crippen molar-refractivity contribution in [2.24, 2.45) is 5.73 Å². The summed E-state index contributed by atoms with van der Waals surface area (Å²) in [5, 5.41) is 8.66. The Morgan fingerprint density at radius 3 is 2.59 bits per heavy atom. The quantitative estimate of drug-likeness (QED) is 0.832. The maximum atomic E-state index is 12.3. The second-order valence-electron chi connectivity index (χ2n) is 3.63. The fraction of sp³-hybridized carbons (Fsp3) is 0.778. The standard InChI is InChI=1S/C9H15F3N4S/c1-2-3-4-6(5-13)14-8-16-15-7(17-8)9(10,11)12/h6H,2-5,13H2,1H3,(H,14,16). The molecule has 0 aromatic carbocycles. The molecule has 17 heavy (non-hydrogen) atoms. The minimum Gasteiger partial charge on any atom is -0.356 e. The van der Waals surface area contributed by atoms with E-state index in [1.54, 1.807) is 0 Å². The average molecular weight is 268 g/mol. The van der Waals surface area contributed by atoms with E-state index in [2.05, 4.69) is 15.5 Å². The molecule has 0 bridgehead atoms. The van der Waals surface area contributed by atoms with Gasteiger partial charge in [-0.15, -0.1) is 10.2 Å². The van der Waals surface area contributed by atoms with E-state index in [0.717, 1.165) is 19.3 Å². The summed E-state index contributed by atoms with van der Waals surface area (Å²) in [5.41, 5.74) is 5.53. The van der Waals surface area contributed by atoms with E-state index >= 15 is 0 Å². The molecule has 1 heterocycles. The van der Waals surface area contributed by atoms with Gasteiger partial charge in [0, 0.05) is 12.6 Å². The van der Waals surface area contributed by atoms with Crippen LogP contribution in [0.5, 0.6) is 0 Å². The number of hydrogen-bond acceptors (Lipinski definition) is 5. The summed E-state index contributed by atoms with van der Waals surface area (Å²) in [5.74, 6) is 0. The maximum absolute atomic E-state index is 12.3. The summed E-state index contributed by atoms with van der Waals surface area (Å²) < 4.78 is 36.8. The van der Waals surface area contributed by atoms with Crippen molar-refractivity contribution in [2.45, 2.75) is 38.4 Å². The minimum atomic E-state index is -4.43. The van der Waals surface area contributed by atoms with E-state index < -0.39 is 11.2 Å². The Balaban J connectivity index is 2.58. The molecule has 0 saturated carbocycles. The van der Waals surface area contributed by atoms with Gasteiger partial charge >= 0.3 is 6.18 Å². The van der Waals surface area contributed by atoms with Gasteiger partial charge in [-0.25, -0.2) is 0 Å². The van der Waals surface area contributed by atoms with E-state index in [4.69, 9.17) is 5.73 Å². The first-order valence-corrected chi connectivity index (χ1v) is 6.16. The van der Waals surface area contributed by atoms with Crippen molar-refractivity contribution in [3.63, 3.8) is 0 Å². The zero-order chi connectivity index (χ0) is 12.9. The van der Waals surface area contributed by atoms with Crippen molar-refractivity contribution < 1.29 is 13.2 Å². The Hall–Kier alpha value is -0.890. The van der Waals surface area contributed by atoms with Crippen molar-refractivity contribution in [3.05, 3.63) is 5.01 Å². The van der Waals surface area contributed by atoms with Gasteiger partial charge in [-0.1, -0.05) is 31.1 Å². The molecule has 0 spiro atoms. The number of nitrogens with one attached hydrogen (secondary N) is 1.